The van der Waals surface area contributed by atoms with E-state index in [9.17, 15) is 22.4 Å². The van der Waals surface area contributed by atoms with Gasteiger partial charge < -0.3 is 5.32 Å². The lowest BCUT2D eigenvalue weighted by Gasteiger charge is -2.40. The van der Waals surface area contributed by atoms with Gasteiger partial charge in [-0.2, -0.15) is 0 Å². The average molecular weight is 323 g/mol. The molecule has 2 aromatic carbocycles. The van der Waals surface area contributed by atoms with Crippen LogP contribution >= 0.6 is 0 Å². The van der Waals surface area contributed by atoms with Crippen LogP contribution in [0.15, 0.2) is 36.4 Å². The number of halogens is 4. The van der Waals surface area contributed by atoms with Crippen LogP contribution in [-0.4, -0.2) is 5.91 Å². The fourth-order valence-corrected chi connectivity index (χ4v) is 2.86. The molecule has 0 bridgehead atoms. The number of benzene rings is 2. The first-order chi connectivity index (χ1) is 11.0. The summed E-state index contributed by atoms with van der Waals surface area (Å²) in [6, 6.07) is 7.56. The molecule has 1 amide bonds. The first kappa shape index (κ1) is 15.5. The molecule has 0 saturated heterocycles. The van der Waals surface area contributed by atoms with Crippen LogP contribution in [0.4, 0.5) is 23.2 Å². The number of hydrogen-bond acceptors (Lipinski definition) is 1. The van der Waals surface area contributed by atoms with Crippen LogP contribution in [0.1, 0.15) is 24.8 Å². The van der Waals surface area contributed by atoms with E-state index in [1.54, 1.807) is 6.07 Å². The maximum Gasteiger partial charge on any atom is 0.235 e. The van der Waals surface area contributed by atoms with Crippen LogP contribution in [0, 0.1) is 23.3 Å². The molecule has 3 rings (SSSR count). The summed E-state index contributed by atoms with van der Waals surface area (Å²) in [5.41, 5.74) is -1.34. The van der Waals surface area contributed by atoms with Crippen molar-refractivity contribution in [3.63, 3.8) is 0 Å². The van der Waals surface area contributed by atoms with Crippen LogP contribution in [0.2, 0.25) is 0 Å². The Balaban J connectivity index is 1.93. The maximum absolute atomic E-state index is 14.0. The van der Waals surface area contributed by atoms with Gasteiger partial charge in [0.05, 0.1) is 11.1 Å². The number of anilines is 1. The highest BCUT2D eigenvalue weighted by molar-refractivity contribution is 6.00. The minimum atomic E-state index is -1.66. The molecule has 2 nitrogen and oxygen atoms in total. The van der Waals surface area contributed by atoms with E-state index in [2.05, 4.69) is 5.32 Å². The lowest BCUT2D eigenvalue weighted by Crippen LogP contribution is -2.46. The molecule has 0 unspecified atom stereocenters. The number of nitrogens with one attached hydrogen (secondary N) is 1. The largest absolute Gasteiger partial charge is 0.323 e. The molecule has 23 heavy (non-hydrogen) atoms. The molecule has 120 valence electrons. The van der Waals surface area contributed by atoms with Gasteiger partial charge in [-0.1, -0.05) is 24.6 Å². The Morgan fingerprint density at radius 2 is 1.61 bits per heavy atom. The van der Waals surface area contributed by atoms with Crippen LogP contribution < -0.4 is 5.32 Å². The molecule has 1 fully saturated rings. The molecule has 1 aliphatic carbocycles. The highest BCUT2D eigenvalue weighted by Gasteiger charge is 2.47. The summed E-state index contributed by atoms with van der Waals surface area (Å²) < 4.78 is 54.0. The van der Waals surface area contributed by atoms with Crippen molar-refractivity contribution in [3.05, 3.63) is 65.2 Å². The van der Waals surface area contributed by atoms with E-state index in [4.69, 9.17) is 0 Å². The summed E-state index contributed by atoms with van der Waals surface area (Å²) in [4.78, 5) is 12.6. The smallest absolute Gasteiger partial charge is 0.235 e. The quantitative estimate of drug-likeness (QED) is 0.662. The van der Waals surface area contributed by atoms with E-state index >= 15 is 0 Å². The predicted molar refractivity (Wildman–Crippen MR) is 76.9 cm³/mol. The van der Waals surface area contributed by atoms with Gasteiger partial charge in [0.2, 0.25) is 5.91 Å². The van der Waals surface area contributed by atoms with Crippen LogP contribution in [-0.2, 0) is 10.2 Å². The molecular formula is C17H13F4NO. The van der Waals surface area contributed by atoms with Crippen molar-refractivity contribution in [3.8, 4) is 0 Å². The van der Waals surface area contributed by atoms with Crippen molar-refractivity contribution >= 4 is 11.6 Å². The lowest BCUT2D eigenvalue weighted by molar-refractivity contribution is -0.124. The van der Waals surface area contributed by atoms with Gasteiger partial charge in [-0.15, -0.1) is 0 Å². The summed E-state index contributed by atoms with van der Waals surface area (Å²) in [5.74, 6) is -5.61. The zero-order valence-corrected chi connectivity index (χ0v) is 12.0. The molecule has 0 spiro atoms. The van der Waals surface area contributed by atoms with Gasteiger partial charge in [-0.25, -0.2) is 17.6 Å². The SMILES string of the molecule is O=C(Nc1ccc(F)c(F)c1F)C1(c2ccccc2F)CCC1. The number of hydrogen-bond donors (Lipinski definition) is 1. The molecule has 0 aliphatic heterocycles. The van der Waals surface area contributed by atoms with Gasteiger partial charge in [-0.3, -0.25) is 4.79 Å². The van der Waals surface area contributed by atoms with E-state index in [1.807, 2.05) is 0 Å². The highest BCUT2D eigenvalue weighted by Crippen LogP contribution is 2.45. The molecule has 1 aliphatic rings. The van der Waals surface area contributed by atoms with Gasteiger partial charge in [0, 0.05) is 5.56 Å². The Labute approximate surface area is 130 Å². The summed E-state index contributed by atoms with van der Waals surface area (Å²) in [6.45, 7) is 0. The minimum Gasteiger partial charge on any atom is -0.323 e. The fourth-order valence-electron chi connectivity index (χ4n) is 2.86. The normalized spacial score (nSPS) is 15.8. The first-order valence-electron chi connectivity index (χ1n) is 7.16. The average Bonchev–Trinajstić information content (AvgIpc) is 2.49. The van der Waals surface area contributed by atoms with E-state index in [1.165, 1.54) is 18.2 Å². The topological polar surface area (TPSA) is 29.1 Å². The van der Waals surface area contributed by atoms with Crippen LogP contribution in [0.5, 0.6) is 0 Å². The molecule has 1 N–H and O–H groups in total. The van der Waals surface area contributed by atoms with Crippen molar-refractivity contribution in [1.82, 2.24) is 0 Å². The van der Waals surface area contributed by atoms with Gasteiger partial charge in [0.1, 0.15) is 5.82 Å². The number of amides is 1. The van der Waals surface area contributed by atoms with Gasteiger partial charge in [0.25, 0.3) is 0 Å². The summed E-state index contributed by atoms with van der Waals surface area (Å²) in [5, 5.41) is 2.26. The summed E-state index contributed by atoms with van der Waals surface area (Å²) in [6.07, 6.45) is 1.54. The van der Waals surface area contributed by atoms with E-state index in [0.29, 0.717) is 12.8 Å². The molecule has 2 aromatic rings. The number of rotatable bonds is 3. The third-order valence-electron chi connectivity index (χ3n) is 4.31. The Bertz CT molecular complexity index is 771. The van der Waals surface area contributed by atoms with E-state index < -0.39 is 40.3 Å². The molecule has 0 aromatic heterocycles. The second kappa shape index (κ2) is 5.68. The molecular weight excluding hydrogens is 310 g/mol. The minimum absolute atomic E-state index is 0.228. The standard InChI is InChI=1S/C17H13F4NO/c18-11-5-2-1-4-10(11)17(8-3-9-17)16(23)22-13-7-6-12(19)14(20)15(13)21/h1-2,4-7H,3,8-9H2,(H,22,23). The Morgan fingerprint density at radius 3 is 2.22 bits per heavy atom. The van der Waals surface area contributed by atoms with Gasteiger partial charge in [-0.05, 0) is 31.0 Å². The van der Waals surface area contributed by atoms with Crippen LogP contribution in [0.25, 0.3) is 0 Å². The Hall–Kier alpha value is -2.37. The lowest BCUT2D eigenvalue weighted by atomic mass is 9.63. The number of carbonyl (C=O) groups is 1. The van der Waals surface area contributed by atoms with Gasteiger partial charge >= 0.3 is 0 Å². The fraction of sp³-hybridized carbons (Fsp3) is 0.235. The molecule has 1 saturated carbocycles. The monoisotopic (exact) mass is 323 g/mol. The first-order valence-corrected chi connectivity index (χ1v) is 7.16. The zero-order chi connectivity index (χ0) is 16.6. The van der Waals surface area contributed by atoms with E-state index in [0.717, 1.165) is 18.6 Å². The van der Waals surface area contributed by atoms with Crippen molar-refractivity contribution in [2.75, 3.05) is 5.32 Å². The zero-order valence-electron chi connectivity index (χ0n) is 12.0. The highest BCUT2D eigenvalue weighted by atomic mass is 19.2. The third-order valence-corrected chi connectivity index (χ3v) is 4.31. The molecule has 0 atom stereocenters. The second-order valence-electron chi connectivity index (χ2n) is 5.59. The van der Waals surface area contributed by atoms with Crippen molar-refractivity contribution in [1.29, 1.82) is 0 Å². The molecule has 6 heteroatoms. The Kier molecular flexibility index (Phi) is 3.83. The van der Waals surface area contributed by atoms with Gasteiger partial charge in [0.15, 0.2) is 17.5 Å². The maximum atomic E-state index is 14.0. The third kappa shape index (κ3) is 2.48. The van der Waals surface area contributed by atoms with Crippen molar-refractivity contribution < 1.29 is 22.4 Å². The van der Waals surface area contributed by atoms with Crippen molar-refractivity contribution in [2.45, 2.75) is 24.7 Å². The summed E-state index contributed by atoms with van der Waals surface area (Å²) >= 11 is 0. The Morgan fingerprint density at radius 1 is 0.913 bits per heavy atom. The van der Waals surface area contributed by atoms with Crippen LogP contribution in [0.3, 0.4) is 0 Å². The summed E-state index contributed by atoms with van der Waals surface area (Å²) in [7, 11) is 0. The second-order valence-corrected chi connectivity index (χ2v) is 5.59. The molecule has 0 heterocycles. The number of carbonyl (C=O) groups excluding carboxylic acids is 1. The van der Waals surface area contributed by atoms with Crippen molar-refractivity contribution in [2.24, 2.45) is 0 Å². The predicted octanol–water partition coefficient (Wildman–Crippen LogP) is 4.30. The molecule has 0 radical (unpaired) electrons. The van der Waals surface area contributed by atoms with E-state index in [-0.39, 0.29) is 5.56 Å².